The lowest BCUT2D eigenvalue weighted by Gasteiger charge is -2.16. The molecule has 0 bridgehead atoms. The maximum absolute atomic E-state index is 11.9. The van der Waals surface area contributed by atoms with Gasteiger partial charge in [0, 0.05) is 32.4 Å². The van der Waals surface area contributed by atoms with Gasteiger partial charge in [-0.3, -0.25) is 14.3 Å². The third-order valence-corrected chi connectivity index (χ3v) is 2.89. The van der Waals surface area contributed by atoms with Gasteiger partial charge >= 0.3 is 0 Å². The Kier molecular flexibility index (Phi) is 3.61. The lowest BCUT2D eigenvalue weighted by atomic mass is 10.2. The molecule has 2 atom stereocenters. The number of β-amino-alcohol motifs (C(OH)–C–C–N with tert-alkyl or cyclic N) is 1. The van der Waals surface area contributed by atoms with Gasteiger partial charge in [0.15, 0.2) is 0 Å². The van der Waals surface area contributed by atoms with E-state index in [1.54, 1.807) is 18.5 Å². The minimum atomic E-state index is -0.713. The lowest BCUT2D eigenvalue weighted by molar-refractivity contribution is -0.131. The summed E-state index contributed by atoms with van der Waals surface area (Å²) in [5.74, 6) is -0.328. The molecule has 2 N–H and O–H groups in total. The van der Waals surface area contributed by atoms with Crippen LogP contribution in [0.2, 0.25) is 0 Å². The molecule has 0 aromatic carbocycles. The first-order valence-corrected chi connectivity index (χ1v) is 5.76. The zero-order valence-corrected chi connectivity index (χ0v) is 10.1. The minimum Gasteiger partial charge on any atom is -0.389 e. The van der Waals surface area contributed by atoms with E-state index in [1.165, 1.54) is 16.5 Å². The van der Waals surface area contributed by atoms with Crippen LogP contribution in [0.5, 0.6) is 0 Å². The summed E-state index contributed by atoms with van der Waals surface area (Å²) in [5.41, 5.74) is 0. The summed E-state index contributed by atoms with van der Waals surface area (Å²) >= 11 is 0. The molecule has 1 aliphatic rings. The van der Waals surface area contributed by atoms with Gasteiger partial charge in [0.2, 0.25) is 11.8 Å². The Hall–Kier alpha value is -1.89. The van der Waals surface area contributed by atoms with Crippen molar-refractivity contribution in [2.75, 3.05) is 13.1 Å². The topological polar surface area (TPSA) is 87.5 Å². The molecule has 1 saturated heterocycles. The number of likely N-dealkylation sites (tertiary alicyclic amines) is 1. The molecule has 0 aliphatic carbocycles. The number of rotatable bonds is 3. The highest BCUT2D eigenvalue weighted by molar-refractivity contribution is 5.77. The van der Waals surface area contributed by atoms with Gasteiger partial charge in [-0.05, 0) is 6.07 Å². The van der Waals surface area contributed by atoms with Crippen LogP contribution in [0, 0.1) is 0 Å². The van der Waals surface area contributed by atoms with Crippen molar-refractivity contribution in [1.82, 2.24) is 20.0 Å². The third kappa shape index (κ3) is 2.86. The van der Waals surface area contributed by atoms with E-state index in [-0.39, 0.29) is 30.9 Å². The predicted octanol–water partition coefficient (Wildman–Crippen LogP) is -1.41. The van der Waals surface area contributed by atoms with Crippen molar-refractivity contribution >= 4 is 11.8 Å². The molecule has 1 aromatic rings. The van der Waals surface area contributed by atoms with E-state index in [9.17, 15) is 14.7 Å². The largest absolute Gasteiger partial charge is 0.389 e. The fourth-order valence-electron chi connectivity index (χ4n) is 2.03. The molecule has 98 valence electrons. The molecule has 1 aromatic heterocycles. The third-order valence-electron chi connectivity index (χ3n) is 2.89. The van der Waals surface area contributed by atoms with Crippen molar-refractivity contribution in [3.63, 3.8) is 0 Å². The van der Waals surface area contributed by atoms with Crippen LogP contribution in [-0.2, 0) is 16.1 Å². The molecule has 0 saturated carbocycles. The standard InChI is InChI=1S/C11H16N4O3/c1-8(16)13-9-5-14(6-10(9)17)11(18)7-15-4-2-3-12-15/h2-4,9-10,17H,5-7H2,1H3,(H,13,16)/t9-,10-/m1/s1. The van der Waals surface area contributed by atoms with Crippen molar-refractivity contribution in [2.45, 2.75) is 25.6 Å². The van der Waals surface area contributed by atoms with E-state index < -0.39 is 6.10 Å². The van der Waals surface area contributed by atoms with Crippen LogP contribution >= 0.6 is 0 Å². The average Bonchev–Trinajstić information content (AvgIpc) is 2.89. The van der Waals surface area contributed by atoms with E-state index in [1.807, 2.05) is 0 Å². The van der Waals surface area contributed by atoms with Gasteiger partial charge in [0.1, 0.15) is 6.54 Å². The second kappa shape index (κ2) is 5.18. The molecular weight excluding hydrogens is 236 g/mol. The van der Waals surface area contributed by atoms with Crippen LogP contribution < -0.4 is 5.32 Å². The zero-order valence-electron chi connectivity index (χ0n) is 10.1. The SMILES string of the molecule is CC(=O)N[C@@H]1CN(C(=O)Cn2cccn2)C[C@H]1O. The van der Waals surface area contributed by atoms with Crippen LogP contribution in [0.4, 0.5) is 0 Å². The molecule has 2 rings (SSSR count). The van der Waals surface area contributed by atoms with Gasteiger partial charge in [0.25, 0.3) is 0 Å². The molecule has 7 heteroatoms. The van der Waals surface area contributed by atoms with E-state index in [2.05, 4.69) is 10.4 Å². The van der Waals surface area contributed by atoms with Crippen LogP contribution in [0.25, 0.3) is 0 Å². The van der Waals surface area contributed by atoms with E-state index in [0.717, 1.165) is 0 Å². The van der Waals surface area contributed by atoms with Crippen LogP contribution in [0.3, 0.4) is 0 Å². The van der Waals surface area contributed by atoms with Crippen LogP contribution in [0.1, 0.15) is 6.92 Å². The molecule has 1 fully saturated rings. The maximum atomic E-state index is 11.9. The number of aliphatic hydroxyl groups is 1. The monoisotopic (exact) mass is 252 g/mol. The molecule has 0 radical (unpaired) electrons. The zero-order chi connectivity index (χ0) is 13.1. The predicted molar refractivity (Wildman–Crippen MR) is 62.4 cm³/mol. The number of carbonyl (C=O) groups is 2. The first kappa shape index (κ1) is 12.6. The average molecular weight is 252 g/mol. The molecule has 1 aliphatic heterocycles. The van der Waals surface area contributed by atoms with Gasteiger partial charge in [-0.2, -0.15) is 5.10 Å². The number of hydrogen-bond donors (Lipinski definition) is 2. The molecule has 2 amide bonds. The molecular formula is C11H16N4O3. The number of carbonyl (C=O) groups excluding carboxylic acids is 2. The van der Waals surface area contributed by atoms with Crippen molar-refractivity contribution in [3.8, 4) is 0 Å². The van der Waals surface area contributed by atoms with E-state index in [4.69, 9.17) is 0 Å². The smallest absolute Gasteiger partial charge is 0.244 e. The molecule has 0 spiro atoms. The van der Waals surface area contributed by atoms with Crippen LogP contribution in [0.15, 0.2) is 18.5 Å². The summed E-state index contributed by atoms with van der Waals surface area (Å²) < 4.78 is 1.53. The highest BCUT2D eigenvalue weighted by atomic mass is 16.3. The molecule has 7 nitrogen and oxygen atoms in total. The van der Waals surface area contributed by atoms with Gasteiger partial charge < -0.3 is 15.3 Å². The Morgan fingerprint density at radius 2 is 2.28 bits per heavy atom. The number of nitrogens with one attached hydrogen (secondary N) is 1. The Bertz CT molecular complexity index is 432. The van der Waals surface area contributed by atoms with Gasteiger partial charge in [0.05, 0.1) is 12.1 Å². The van der Waals surface area contributed by atoms with Gasteiger partial charge in [-0.15, -0.1) is 0 Å². The highest BCUT2D eigenvalue weighted by Crippen LogP contribution is 2.11. The first-order chi connectivity index (χ1) is 8.56. The fourth-order valence-corrected chi connectivity index (χ4v) is 2.03. The van der Waals surface area contributed by atoms with E-state index >= 15 is 0 Å². The fraction of sp³-hybridized carbons (Fsp3) is 0.545. The van der Waals surface area contributed by atoms with Crippen molar-refractivity contribution in [3.05, 3.63) is 18.5 Å². The maximum Gasteiger partial charge on any atom is 0.244 e. The Balaban J connectivity index is 1.91. The number of aromatic nitrogens is 2. The minimum absolute atomic E-state index is 0.120. The Morgan fingerprint density at radius 1 is 1.50 bits per heavy atom. The molecule has 2 heterocycles. The van der Waals surface area contributed by atoms with Crippen molar-refractivity contribution in [1.29, 1.82) is 0 Å². The summed E-state index contributed by atoms with van der Waals surface area (Å²) in [6.45, 7) is 2.11. The lowest BCUT2D eigenvalue weighted by Crippen LogP contribution is -2.42. The number of nitrogens with zero attached hydrogens (tertiary/aromatic N) is 3. The first-order valence-electron chi connectivity index (χ1n) is 5.76. The second-order valence-corrected chi connectivity index (χ2v) is 4.38. The number of aliphatic hydroxyl groups excluding tert-OH is 1. The quantitative estimate of drug-likeness (QED) is 0.692. The Labute approximate surface area is 104 Å². The Morgan fingerprint density at radius 3 is 2.89 bits per heavy atom. The normalized spacial score (nSPS) is 23.1. The number of amides is 2. The number of hydrogen-bond acceptors (Lipinski definition) is 4. The summed E-state index contributed by atoms with van der Waals surface area (Å²) in [7, 11) is 0. The van der Waals surface area contributed by atoms with Crippen molar-refractivity contribution in [2.24, 2.45) is 0 Å². The van der Waals surface area contributed by atoms with E-state index in [0.29, 0.717) is 6.54 Å². The molecule has 0 unspecified atom stereocenters. The summed E-state index contributed by atoms with van der Waals surface area (Å²) in [6.07, 6.45) is 2.59. The molecule has 18 heavy (non-hydrogen) atoms. The van der Waals surface area contributed by atoms with Crippen LogP contribution in [-0.4, -0.2) is 56.8 Å². The summed E-state index contributed by atoms with van der Waals surface area (Å²) in [5, 5.41) is 16.3. The summed E-state index contributed by atoms with van der Waals surface area (Å²) in [6, 6.07) is 1.36. The second-order valence-electron chi connectivity index (χ2n) is 4.38. The van der Waals surface area contributed by atoms with Gasteiger partial charge in [-0.1, -0.05) is 0 Å². The highest BCUT2D eigenvalue weighted by Gasteiger charge is 2.34. The summed E-state index contributed by atoms with van der Waals surface area (Å²) in [4.78, 5) is 24.4. The van der Waals surface area contributed by atoms with Gasteiger partial charge in [-0.25, -0.2) is 0 Å². The van der Waals surface area contributed by atoms with Crippen molar-refractivity contribution < 1.29 is 14.7 Å².